The van der Waals surface area contributed by atoms with Gasteiger partial charge in [0, 0.05) is 17.1 Å². The van der Waals surface area contributed by atoms with Gasteiger partial charge in [-0.3, -0.25) is 9.48 Å². The second-order valence-corrected chi connectivity index (χ2v) is 7.31. The van der Waals surface area contributed by atoms with Crippen molar-refractivity contribution in [3.63, 3.8) is 0 Å². The molecule has 0 saturated heterocycles. The minimum absolute atomic E-state index is 0.0283. The fraction of sp³-hybridized carbons (Fsp3) is 0.529. The van der Waals surface area contributed by atoms with Crippen LogP contribution in [0.2, 0.25) is 0 Å². The van der Waals surface area contributed by atoms with Gasteiger partial charge in [0.1, 0.15) is 0 Å². The van der Waals surface area contributed by atoms with E-state index in [2.05, 4.69) is 42.6 Å². The Bertz CT molecular complexity index is 606. The Morgan fingerprint density at radius 1 is 1.39 bits per heavy atom. The first-order valence-corrected chi connectivity index (χ1v) is 8.89. The van der Waals surface area contributed by atoms with Crippen LogP contribution in [0.5, 0.6) is 0 Å². The number of rotatable bonds is 8. The van der Waals surface area contributed by atoms with Gasteiger partial charge >= 0.3 is 0 Å². The van der Waals surface area contributed by atoms with Gasteiger partial charge in [0.25, 0.3) is 0 Å². The van der Waals surface area contributed by atoms with Crippen molar-refractivity contribution >= 4 is 17.2 Å². The number of hydrogen-bond acceptors (Lipinski definition) is 4. The van der Waals surface area contributed by atoms with Crippen molar-refractivity contribution in [1.29, 1.82) is 0 Å². The fourth-order valence-corrected chi connectivity index (χ4v) is 3.39. The summed E-state index contributed by atoms with van der Waals surface area (Å²) in [5.74, 6) is 0.391. The molecule has 0 aliphatic heterocycles. The maximum absolute atomic E-state index is 12.2. The van der Waals surface area contributed by atoms with Gasteiger partial charge in [-0.1, -0.05) is 19.9 Å². The lowest BCUT2D eigenvalue weighted by Gasteiger charge is -2.22. The van der Waals surface area contributed by atoms with Crippen LogP contribution in [0.15, 0.2) is 29.9 Å². The van der Waals surface area contributed by atoms with Gasteiger partial charge < -0.3 is 10.6 Å². The van der Waals surface area contributed by atoms with Crippen LogP contribution in [-0.4, -0.2) is 28.3 Å². The number of thiophene rings is 1. The highest BCUT2D eigenvalue weighted by Gasteiger charge is 2.19. The van der Waals surface area contributed by atoms with E-state index in [1.807, 2.05) is 35.4 Å². The monoisotopic (exact) mass is 334 g/mol. The Kier molecular flexibility index (Phi) is 6.36. The first-order valence-electron chi connectivity index (χ1n) is 8.01. The van der Waals surface area contributed by atoms with Gasteiger partial charge in [-0.25, -0.2) is 0 Å². The van der Waals surface area contributed by atoms with Gasteiger partial charge in [0.15, 0.2) is 0 Å². The molecule has 0 spiro atoms. The minimum Gasteiger partial charge on any atom is -0.347 e. The molecule has 23 heavy (non-hydrogen) atoms. The molecule has 0 aromatic carbocycles. The summed E-state index contributed by atoms with van der Waals surface area (Å²) in [6.45, 7) is 9.40. The van der Waals surface area contributed by atoms with Gasteiger partial charge in [-0.15, -0.1) is 11.3 Å². The summed E-state index contributed by atoms with van der Waals surface area (Å²) in [5, 5.41) is 12.7. The molecule has 5 nitrogen and oxygen atoms in total. The predicted molar refractivity (Wildman–Crippen MR) is 94.5 cm³/mol. The lowest BCUT2D eigenvalue weighted by molar-refractivity contribution is -0.121. The second kappa shape index (κ2) is 8.26. The van der Waals surface area contributed by atoms with Crippen LogP contribution < -0.4 is 10.6 Å². The third-order valence-corrected chi connectivity index (χ3v) is 4.62. The van der Waals surface area contributed by atoms with Gasteiger partial charge in [-0.05, 0) is 36.8 Å². The predicted octanol–water partition coefficient (Wildman–Crippen LogP) is 2.74. The van der Waals surface area contributed by atoms with E-state index < -0.39 is 0 Å². The molecule has 2 heterocycles. The van der Waals surface area contributed by atoms with E-state index in [0.717, 1.165) is 12.1 Å². The number of aryl methyl sites for hydroxylation is 1. The van der Waals surface area contributed by atoms with Crippen LogP contribution in [0.1, 0.15) is 37.3 Å². The highest BCUT2D eigenvalue weighted by atomic mass is 32.1. The maximum Gasteiger partial charge on any atom is 0.234 e. The van der Waals surface area contributed by atoms with Crippen LogP contribution in [0.3, 0.4) is 0 Å². The molecule has 0 unspecified atom stereocenters. The topological polar surface area (TPSA) is 59.0 Å². The summed E-state index contributed by atoms with van der Waals surface area (Å²) in [7, 11) is 0. The average Bonchev–Trinajstić information content (AvgIpc) is 3.14. The number of nitrogens with one attached hydrogen (secondary N) is 2. The lowest BCUT2D eigenvalue weighted by atomic mass is 10.0. The van der Waals surface area contributed by atoms with Crippen LogP contribution in [0.4, 0.5) is 0 Å². The number of hydrogen-bond donors (Lipinski definition) is 2. The summed E-state index contributed by atoms with van der Waals surface area (Å²) in [6, 6.07) is 4.35. The molecule has 126 valence electrons. The standard InChI is InChI=1S/C17H26N4OS/c1-12(2)17(15-6-5-7-23-15)20-16(22)9-18-14(4)11-21-10-13(3)8-19-21/h5-8,10,12,14,17-18H,9,11H2,1-4H3,(H,20,22)/t14-,17+/m0/s1. The molecule has 6 heteroatoms. The molecule has 0 bridgehead atoms. The van der Waals surface area contributed by atoms with Crippen molar-refractivity contribution in [3.05, 3.63) is 40.3 Å². The number of nitrogens with zero attached hydrogens (tertiary/aromatic N) is 2. The first kappa shape index (κ1) is 17.7. The Labute approximate surface area is 142 Å². The van der Waals surface area contributed by atoms with E-state index in [1.165, 1.54) is 4.88 Å². The molecular weight excluding hydrogens is 308 g/mol. The van der Waals surface area contributed by atoms with Crippen LogP contribution in [0, 0.1) is 12.8 Å². The Balaban J connectivity index is 1.79. The smallest absolute Gasteiger partial charge is 0.234 e. The summed E-state index contributed by atoms with van der Waals surface area (Å²) in [4.78, 5) is 13.4. The molecular formula is C17H26N4OS. The number of aromatic nitrogens is 2. The fourth-order valence-electron chi connectivity index (χ4n) is 2.44. The molecule has 0 aliphatic carbocycles. The van der Waals surface area contributed by atoms with E-state index in [9.17, 15) is 4.79 Å². The summed E-state index contributed by atoms with van der Waals surface area (Å²) < 4.78 is 1.90. The molecule has 1 amide bonds. The molecule has 2 N–H and O–H groups in total. The van der Waals surface area contributed by atoms with E-state index in [1.54, 1.807) is 11.3 Å². The third-order valence-electron chi connectivity index (χ3n) is 3.67. The summed E-state index contributed by atoms with van der Waals surface area (Å²) >= 11 is 1.68. The van der Waals surface area contributed by atoms with Crippen molar-refractivity contribution in [1.82, 2.24) is 20.4 Å². The first-order chi connectivity index (χ1) is 11.0. The van der Waals surface area contributed by atoms with Gasteiger partial charge in [0.05, 0.1) is 25.3 Å². The molecule has 0 saturated carbocycles. The van der Waals surface area contributed by atoms with Crippen LogP contribution in [-0.2, 0) is 11.3 Å². The quantitative estimate of drug-likeness (QED) is 0.780. The molecule has 0 radical (unpaired) electrons. The molecule has 0 aliphatic rings. The van der Waals surface area contributed by atoms with Crippen molar-refractivity contribution in [2.75, 3.05) is 6.54 Å². The van der Waals surface area contributed by atoms with E-state index >= 15 is 0 Å². The Morgan fingerprint density at radius 3 is 2.74 bits per heavy atom. The van der Waals surface area contributed by atoms with Gasteiger partial charge in [-0.2, -0.15) is 5.10 Å². The highest BCUT2D eigenvalue weighted by Crippen LogP contribution is 2.25. The molecule has 2 atom stereocenters. The zero-order valence-electron chi connectivity index (χ0n) is 14.2. The van der Waals surface area contributed by atoms with E-state index in [0.29, 0.717) is 12.5 Å². The van der Waals surface area contributed by atoms with Crippen molar-refractivity contribution in [2.24, 2.45) is 5.92 Å². The second-order valence-electron chi connectivity index (χ2n) is 6.33. The highest BCUT2D eigenvalue weighted by molar-refractivity contribution is 7.10. The average molecular weight is 334 g/mol. The zero-order valence-corrected chi connectivity index (χ0v) is 15.1. The SMILES string of the molecule is Cc1cnn(C[C@H](C)NCC(=O)N[C@@H](c2cccs2)C(C)C)c1. The summed E-state index contributed by atoms with van der Waals surface area (Å²) in [5.41, 5.74) is 1.14. The Morgan fingerprint density at radius 2 is 2.17 bits per heavy atom. The maximum atomic E-state index is 12.2. The Hall–Kier alpha value is -1.66. The van der Waals surface area contributed by atoms with Gasteiger partial charge in [0.2, 0.25) is 5.91 Å². The van der Waals surface area contributed by atoms with Crippen LogP contribution in [0.25, 0.3) is 0 Å². The molecule has 0 fully saturated rings. The minimum atomic E-state index is 0.0283. The van der Waals surface area contributed by atoms with Crippen molar-refractivity contribution < 1.29 is 4.79 Å². The third kappa shape index (κ3) is 5.48. The van der Waals surface area contributed by atoms with Crippen LogP contribution >= 0.6 is 11.3 Å². The van der Waals surface area contributed by atoms with Crippen molar-refractivity contribution in [3.8, 4) is 0 Å². The number of carbonyl (C=O) groups is 1. The molecule has 2 aromatic rings. The number of carbonyl (C=O) groups excluding carboxylic acids is 1. The normalized spacial score (nSPS) is 14.0. The van der Waals surface area contributed by atoms with E-state index in [-0.39, 0.29) is 18.0 Å². The molecule has 2 aromatic heterocycles. The lowest BCUT2D eigenvalue weighted by Crippen LogP contribution is -2.41. The number of amides is 1. The largest absolute Gasteiger partial charge is 0.347 e. The summed E-state index contributed by atoms with van der Waals surface area (Å²) in [6.07, 6.45) is 3.84. The molecule has 2 rings (SSSR count). The zero-order chi connectivity index (χ0) is 16.8. The van der Waals surface area contributed by atoms with Crippen molar-refractivity contribution in [2.45, 2.75) is 46.3 Å². The van der Waals surface area contributed by atoms with E-state index in [4.69, 9.17) is 0 Å².